The van der Waals surface area contributed by atoms with Crippen LogP contribution in [0.15, 0.2) is 89.9 Å². The lowest BCUT2D eigenvalue weighted by molar-refractivity contribution is -0.384. The molecule has 5 rings (SSSR count). The minimum Gasteiger partial charge on any atom is -0.436 e. The van der Waals surface area contributed by atoms with E-state index in [0.717, 1.165) is 4.90 Å². The van der Waals surface area contributed by atoms with Gasteiger partial charge in [0.15, 0.2) is 5.58 Å². The van der Waals surface area contributed by atoms with Gasteiger partial charge in [-0.15, -0.1) is 6.58 Å². The molecule has 1 aromatic heterocycles. The number of para-hydroxylation sites is 2. The second kappa shape index (κ2) is 9.50. The summed E-state index contributed by atoms with van der Waals surface area (Å²) < 4.78 is 5.78. The lowest BCUT2D eigenvalue weighted by Gasteiger charge is -2.26. The number of hydrogen-bond acceptors (Lipinski definition) is 7. The Morgan fingerprint density at radius 2 is 1.81 bits per heavy atom. The van der Waals surface area contributed by atoms with E-state index in [1.165, 1.54) is 35.2 Å². The second-order valence-corrected chi connectivity index (χ2v) is 8.37. The van der Waals surface area contributed by atoms with Crippen LogP contribution in [0.25, 0.3) is 22.6 Å². The van der Waals surface area contributed by atoms with E-state index in [2.05, 4.69) is 11.6 Å². The van der Waals surface area contributed by atoms with Crippen LogP contribution >= 0.6 is 0 Å². The number of amides is 3. The van der Waals surface area contributed by atoms with Crippen molar-refractivity contribution in [3.05, 3.63) is 101 Å². The Labute approximate surface area is 210 Å². The van der Waals surface area contributed by atoms with E-state index in [0.29, 0.717) is 28.2 Å². The third-order valence-corrected chi connectivity index (χ3v) is 6.08. The number of benzene rings is 3. The zero-order valence-electron chi connectivity index (χ0n) is 19.4. The average Bonchev–Trinajstić information content (AvgIpc) is 3.47. The quantitative estimate of drug-likeness (QED) is 0.161. The molecule has 3 amide bonds. The van der Waals surface area contributed by atoms with Crippen molar-refractivity contribution in [3.8, 4) is 11.5 Å². The molecule has 1 atom stereocenters. The van der Waals surface area contributed by atoms with Crippen molar-refractivity contribution >= 4 is 40.2 Å². The molecule has 10 heteroatoms. The van der Waals surface area contributed by atoms with Gasteiger partial charge in [0.2, 0.25) is 11.8 Å². The molecule has 1 aliphatic rings. The summed E-state index contributed by atoms with van der Waals surface area (Å²) in [5.74, 6) is -1.11. The SMILES string of the molecule is C=CCN(C(=O)c1ccc([N+](=O)[O-])cc1)C1CC(=O)N(c2ccc(-c3nc4ccccc4o3)cc2)C1=O. The zero-order chi connectivity index (χ0) is 26.1. The van der Waals surface area contributed by atoms with E-state index in [-0.39, 0.29) is 24.2 Å². The number of nitrogens with zero attached hydrogens (tertiary/aromatic N) is 4. The molecule has 10 nitrogen and oxygen atoms in total. The third-order valence-electron chi connectivity index (χ3n) is 6.08. The predicted octanol–water partition coefficient (Wildman–Crippen LogP) is 4.36. The molecule has 0 spiro atoms. The number of anilines is 1. The number of oxazole rings is 1. The number of nitro groups is 1. The molecule has 2 heterocycles. The highest BCUT2D eigenvalue weighted by Crippen LogP contribution is 2.30. The zero-order valence-corrected chi connectivity index (χ0v) is 19.4. The summed E-state index contributed by atoms with van der Waals surface area (Å²) in [4.78, 5) is 56.5. The van der Waals surface area contributed by atoms with Gasteiger partial charge >= 0.3 is 0 Å². The Bertz CT molecular complexity index is 1510. The van der Waals surface area contributed by atoms with Gasteiger partial charge in [-0.25, -0.2) is 9.88 Å². The number of nitro benzene ring substituents is 1. The molecule has 37 heavy (non-hydrogen) atoms. The second-order valence-electron chi connectivity index (χ2n) is 8.37. The van der Waals surface area contributed by atoms with Crippen LogP contribution in [0.3, 0.4) is 0 Å². The van der Waals surface area contributed by atoms with E-state index in [9.17, 15) is 24.5 Å². The van der Waals surface area contributed by atoms with Crippen LogP contribution in [-0.2, 0) is 9.59 Å². The Balaban J connectivity index is 1.38. The molecule has 184 valence electrons. The normalized spacial score (nSPS) is 15.2. The Morgan fingerprint density at radius 3 is 2.46 bits per heavy atom. The fraction of sp³-hybridized carbons (Fsp3) is 0.111. The number of imide groups is 1. The van der Waals surface area contributed by atoms with Crippen molar-refractivity contribution in [2.45, 2.75) is 12.5 Å². The molecular formula is C27H20N4O6. The van der Waals surface area contributed by atoms with Crippen LogP contribution in [0.1, 0.15) is 16.8 Å². The lowest BCUT2D eigenvalue weighted by Crippen LogP contribution is -2.45. The monoisotopic (exact) mass is 496 g/mol. The molecule has 3 aromatic carbocycles. The number of carbonyl (C=O) groups excluding carboxylic acids is 3. The topological polar surface area (TPSA) is 127 Å². The smallest absolute Gasteiger partial charge is 0.269 e. The summed E-state index contributed by atoms with van der Waals surface area (Å²) in [6.45, 7) is 3.67. The summed E-state index contributed by atoms with van der Waals surface area (Å²) in [6, 6.07) is 18.1. The molecule has 0 aliphatic carbocycles. The molecule has 1 saturated heterocycles. The summed E-state index contributed by atoms with van der Waals surface area (Å²) >= 11 is 0. The Hall–Kier alpha value is -5.12. The van der Waals surface area contributed by atoms with Crippen LogP contribution in [0.4, 0.5) is 11.4 Å². The van der Waals surface area contributed by atoms with Crippen LogP contribution < -0.4 is 4.90 Å². The van der Waals surface area contributed by atoms with Crippen molar-refractivity contribution in [1.29, 1.82) is 0 Å². The first-order valence-corrected chi connectivity index (χ1v) is 11.4. The first-order valence-electron chi connectivity index (χ1n) is 11.4. The molecular weight excluding hydrogens is 476 g/mol. The molecule has 0 saturated carbocycles. The first kappa shape index (κ1) is 23.6. The van der Waals surface area contributed by atoms with E-state index < -0.39 is 28.7 Å². The fourth-order valence-electron chi connectivity index (χ4n) is 4.26. The van der Waals surface area contributed by atoms with Crippen LogP contribution in [-0.4, -0.2) is 45.1 Å². The summed E-state index contributed by atoms with van der Waals surface area (Å²) in [7, 11) is 0. The molecule has 4 aromatic rings. The summed E-state index contributed by atoms with van der Waals surface area (Å²) in [5.41, 5.74) is 2.40. The average molecular weight is 496 g/mol. The predicted molar refractivity (Wildman–Crippen MR) is 135 cm³/mol. The highest BCUT2D eigenvalue weighted by Gasteiger charge is 2.44. The highest BCUT2D eigenvalue weighted by molar-refractivity contribution is 6.23. The van der Waals surface area contributed by atoms with Gasteiger partial charge in [0.05, 0.1) is 17.0 Å². The largest absolute Gasteiger partial charge is 0.436 e. The summed E-state index contributed by atoms with van der Waals surface area (Å²) in [6.07, 6.45) is 1.26. The summed E-state index contributed by atoms with van der Waals surface area (Å²) in [5, 5.41) is 10.9. The van der Waals surface area contributed by atoms with E-state index in [4.69, 9.17) is 4.42 Å². The van der Waals surface area contributed by atoms with Crippen LogP contribution in [0, 0.1) is 10.1 Å². The van der Waals surface area contributed by atoms with Crippen molar-refractivity contribution in [1.82, 2.24) is 9.88 Å². The molecule has 0 radical (unpaired) electrons. The van der Waals surface area contributed by atoms with Crippen molar-refractivity contribution in [3.63, 3.8) is 0 Å². The van der Waals surface area contributed by atoms with Gasteiger partial charge in [0.25, 0.3) is 17.5 Å². The third kappa shape index (κ3) is 4.36. The lowest BCUT2D eigenvalue weighted by atomic mass is 10.1. The Morgan fingerprint density at radius 1 is 1.11 bits per heavy atom. The maximum atomic E-state index is 13.3. The highest BCUT2D eigenvalue weighted by atomic mass is 16.6. The van der Waals surface area contributed by atoms with Crippen molar-refractivity contribution < 1.29 is 23.7 Å². The maximum absolute atomic E-state index is 13.3. The number of non-ortho nitro benzene ring substituents is 1. The number of rotatable bonds is 7. The number of aromatic nitrogens is 1. The fourth-order valence-corrected chi connectivity index (χ4v) is 4.26. The minimum atomic E-state index is -1.04. The van der Waals surface area contributed by atoms with Gasteiger partial charge in [0, 0.05) is 29.8 Å². The molecule has 0 bridgehead atoms. The van der Waals surface area contributed by atoms with Gasteiger partial charge in [-0.2, -0.15) is 0 Å². The van der Waals surface area contributed by atoms with Gasteiger partial charge in [0.1, 0.15) is 11.6 Å². The van der Waals surface area contributed by atoms with Crippen molar-refractivity contribution in [2.24, 2.45) is 0 Å². The van der Waals surface area contributed by atoms with Gasteiger partial charge in [-0.05, 0) is 48.5 Å². The van der Waals surface area contributed by atoms with Crippen LogP contribution in [0.5, 0.6) is 0 Å². The van der Waals surface area contributed by atoms with E-state index >= 15 is 0 Å². The molecule has 1 unspecified atom stereocenters. The van der Waals surface area contributed by atoms with E-state index in [1.54, 1.807) is 24.3 Å². The van der Waals surface area contributed by atoms with Gasteiger partial charge in [-0.3, -0.25) is 24.5 Å². The number of carbonyl (C=O) groups is 3. The van der Waals surface area contributed by atoms with Gasteiger partial charge < -0.3 is 9.32 Å². The molecule has 0 N–H and O–H groups in total. The Kier molecular flexibility index (Phi) is 6.06. The molecule has 1 aliphatic heterocycles. The van der Waals surface area contributed by atoms with E-state index in [1.807, 2.05) is 24.3 Å². The minimum absolute atomic E-state index is 0.0179. The van der Waals surface area contributed by atoms with Gasteiger partial charge in [-0.1, -0.05) is 18.2 Å². The molecule has 1 fully saturated rings. The number of fused-ring (bicyclic) bond motifs is 1. The van der Waals surface area contributed by atoms with Crippen molar-refractivity contribution in [2.75, 3.05) is 11.4 Å². The maximum Gasteiger partial charge on any atom is 0.269 e. The van der Waals surface area contributed by atoms with Crippen LogP contribution in [0.2, 0.25) is 0 Å². The standard InChI is InChI=1S/C27H20N4O6/c1-2-15-29(26(33)18-9-13-20(14-10-18)31(35)36)22-16-24(32)30(27(22)34)19-11-7-17(8-12-19)25-28-21-5-3-4-6-23(21)37-25/h2-14,22H,1,15-16H2. The first-order chi connectivity index (χ1) is 17.9. The number of hydrogen-bond donors (Lipinski definition) is 0.